The van der Waals surface area contributed by atoms with Crippen LogP contribution in [0.1, 0.15) is 40.0 Å². The molecule has 25 heavy (non-hydrogen) atoms. The van der Waals surface area contributed by atoms with Gasteiger partial charge in [-0.05, 0) is 45.2 Å². The molecule has 1 N–H and O–H groups in total. The van der Waals surface area contributed by atoms with Crippen molar-refractivity contribution in [2.24, 2.45) is 0 Å². The molecule has 0 aromatic heterocycles. The molecule has 0 unspecified atom stereocenters. The predicted molar refractivity (Wildman–Crippen MR) is 98.7 cm³/mol. The Balaban J connectivity index is 2.01. The first-order valence-electron chi connectivity index (χ1n) is 9.12. The summed E-state index contributed by atoms with van der Waals surface area (Å²) in [6, 6.07) is 9.70. The quantitative estimate of drug-likeness (QED) is 0.877. The number of para-hydroxylation sites is 1. The topological polar surface area (TPSA) is 61.9 Å². The highest BCUT2D eigenvalue weighted by molar-refractivity contribution is 5.89. The summed E-state index contributed by atoms with van der Waals surface area (Å²) in [4.78, 5) is 28.4. The third-order valence-electron chi connectivity index (χ3n) is 4.71. The molecule has 1 fully saturated rings. The Morgan fingerprint density at radius 2 is 1.88 bits per heavy atom. The van der Waals surface area contributed by atoms with Gasteiger partial charge in [0.05, 0.1) is 6.61 Å². The molecule has 138 valence electrons. The van der Waals surface area contributed by atoms with Gasteiger partial charge in [0.2, 0.25) is 0 Å². The molecule has 1 heterocycles. The van der Waals surface area contributed by atoms with Crippen LogP contribution in [-0.2, 0) is 4.74 Å². The third-order valence-corrected chi connectivity index (χ3v) is 4.71. The smallest absolute Gasteiger partial charge is 0.409 e. The minimum Gasteiger partial charge on any atom is -0.450 e. The average molecular weight is 347 g/mol. The first-order valence-corrected chi connectivity index (χ1v) is 9.12. The lowest BCUT2D eigenvalue weighted by Gasteiger charge is -2.41. The summed E-state index contributed by atoms with van der Waals surface area (Å²) in [5.74, 6) is 0. The molecule has 3 amide bonds. The average Bonchev–Trinajstić information content (AvgIpc) is 2.63. The van der Waals surface area contributed by atoms with E-state index in [0.717, 1.165) is 24.9 Å². The van der Waals surface area contributed by atoms with Gasteiger partial charge in [-0.3, -0.25) is 0 Å². The fraction of sp³-hybridized carbons (Fsp3) is 0.579. The second-order valence-electron chi connectivity index (χ2n) is 6.38. The van der Waals surface area contributed by atoms with E-state index in [2.05, 4.69) is 19.2 Å². The van der Waals surface area contributed by atoms with Crippen LogP contribution in [-0.4, -0.2) is 53.7 Å². The third kappa shape index (κ3) is 5.11. The van der Waals surface area contributed by atoms with Crippen LogP contribution in [0, 0.1) is 0 Å². The van der Waals surface area contributed by atoms with Crippen LogP contribution < -0.4 is 5.32 Å². The number of ether oxygens (including phenoxy) is 1. The van der Waals surface area contributed by atoms with E-state index in [-0.39, 0.29) is 24.2 Å². The van der Waals surface area contributed by atoms with Crippen LogP contribution in [0.3, 0.4) is 0 Å². The lowest BCUT2D eigenvalue weighted by atomic mass is 10.0. The Bertz CT molecular complexity index is 556. The van der Waals surface area contributed by atoms with Crippen LogP contribution in [0.4, 0.5) is 15.3 Å². The summed E-state index contributed by atoms with van der Waals surface area (Å²) < 4.78 is 5.07. The molecular weight excluding hydrogens is 318 g/mol. The second-order valence-corrected chi connectivity index (χ2v) is 6.38. The first kappa shape index (κ1) is 19.1. The summed E-state index contributed by atoms with van der Waals surface area (Å²) in [6.07, 6.45) is 2.17. The standard InChI is InChI=1S/C19H29N3O3/c1-4-15(3)22(18(23)20-16-9-7-6-8-10-16)17-11-13-21(14-12-17)19(24)25-5-2/h6-10,15,17H,4-5,11-14H2,1-3H3,(H,20,23)/t15-/m0/s1. The van der Waals surface area contributed by atoms with E-state index in [4.69, 9.17) is 4.74 Å². The number of likely N-dealkylation sites (tertiary alicyclic amines) is 1. The number of nitrogens with one attached hydrogen (secondary N) is 1. The molecule has 6 nitrogen and oxygen atoms in total. The van der Waals surface area contributed by atoms with E-state index in [1.165, 1.54) is 0 Å². The van der Waals surface area contributed by atoms with Crippen molar-refractivity contribution >= 4 is 17.8 Å². The summed E-state index contributed by atoms with van der Waals surface area (Å²) in [6.45, 7) is 7.59. The number of amides is 3. The van der Waals surface area contributed by atoms with Gasteiger partial charge in [-0.2, -0.15) is 0 Å². The number of rotatable bonds is 5. The predicted octanol–water partition coefficient (Wildman–Crippen LogP) is 3.94. The summed E-state index contributed by atoms with van der Waals surface area (Å²) in [5.41, 5.74) is 0.796. The monoisotopic (exact) mass is 347 g/mol. The van der Waals surface area contributed by atoms with Gasteiger partial charge in [0, 0.05) is 30.9 Å². The van der Waals surface area contributed by atoms with Crippen molar-refractivity contribution < 1.29 is 14.3 Å². The molecule has 0 saturated carbocycles. The highest BCUT2D eigenvalue weighted by Gasteiger charge is 2.32. The Morgan fingerprint density at radius 1 is 1.24 bits per heavy atom. The van der Waals surface area contributed by atoms with Gasteiger partial charge < -0.3 is 19.9 Å². The molecule has 1 aromatic rings. The lowest BCUT2D eigenvalue weighted by molar-refractivity contribution is 0.0757. The number of hydrogen-bond acceptors (Lipinski definition) is 3. The Labute approximate surface area is 150 Å². The largest absolute Gasteiger partial charge is 0.450 e. The number of anilines is 1. The Kier molecular flexibility index (Phi) is 7.10. The van der Waals surface area contributed by atoms with Crippen LogP contribution >= 0.6 is 0 Å². The number of piperidine rings is 1. The molecule has 0 spiro atoms. The zero-order valence-electron chi connectivity index (χ0n) is 15.4. The number of carbonyl (C=O) groups excluding carboxylic acids is 2. The zero-order valence-corrected chi connectivity index (χ0v) is 15.4. The number of nitrogens with zero attached hydrogens (tertiary/aromatic N) is 2. The van der Waals surface area contributed by atoms with Gasteiger partial charge in [-0.15, -0.1) is 0 Å². The van der Waals surface area contributed by atoms with Crippen molar-refractivity contribution in [2.45, 2.75) is 52.1 Å². The SMILES string of the molecule is CCOC(=O)N1CCC(N(C(=O)Nc2ccccc2)[C@@H](C)CC)CC1. The van der Waals surface area contributed by atoms with E-state index < -0.39 is 0 Å². The van der Waals surface area contributed by atoms with Crippen molar-refractivity contribution in [3.8, 4) is 0 Å². The summed E-state index contributed by atoms with van der Waals surface area (Å²) >= 11 is 0. The van der Waals surface area contributed by atoms with Gasteiger partial charge >= 0.3 is 12.1 Å². The van der Waals surface area contributed by atoms with E-state index in [1.807, 2.05) is 42.2 Å². The number of hydrogen-bond donors (Lipinski definition) is 1. The fourth-order valence-corrected chi connectivity index (χ4v) is 3.17. The second kappa shape index (κ2) is 9.30. The molecule has 1 aliphatic rings. The minimum atomic E-state index is -0.259. The van der Waals surface area contributed by atoms with Crippen molar-refractivity contribution in [3.05, 3.63) is 30.3 Å². The minimum absolute atomic E-state index is 0.0739. The Morgan fingerprint density at radius 3 is 2.44 bits per heavy atom. The zero-order chi connectivity index (χ0) is 18.2. The molecule has 1 aliphatic heterocycles. The lowest BCUT2D eigenvalue weighted by Crippen LogP contribution is -2.53. The molecule has 1 atom stereocenters. The van der Waals surface area contributed by atoms with E-state index >= 15 is 0 Å². The molecule has 6 heteroatoms. The molecule has 1 aromatic carbocycles. The maximum atomic E-state index is 12.8. The molecule has 2 rings (SSSR count). The fourth-order valence-electron chi connectivity index (χ4n) is 3.17. The van der Waals surface area contributed by atoms with Crippen LogP contribution in [0.25, 0.3) is 0 Å². The summed E-state index contributed by atoms with van der Waals surface area (Å²) in [5, 5.41) is 2.99. The van der Waals surface area contributed by atoms with Crippen molar-refractivity contribution in [1.82, 2.24) is 9.80 Å². The van der Waals surface area contributed by atoms with E-state index in [0.29, 0.717) is 19.7 Å². The van der Waals surface area contributed by atoms with Crippen LogP contribution in [0.5, 0.6) is 0 Å². The van der Waals surface area contributed by atoms with Gasteiger partial charge in [0.1, 0.15) is 0 Å². The van der Waals surface area contributed by atoms with Gasteiger partial charge in [-0.1, -0.05) is 25.1 Å². The van der Waals surface area contributed by atoms with Crippen LogP contribution in [0.15, 0.2) is 30.3 Å². The van der Waals surface area contributed by atoms with E-state index in [9.17, 15) is 9.59 Å². The van der Waals surface area contributed by atoms with Gasteiger partial charge in [0.25, 0.3) is 0 Å². The molecule has 0 radical (unpaired) electrons. The van der Waals surface area contributed by atoms with Crippen molar-refractivity contribution in [3.63, 3.8) is 0 Å². The van der Waals surface area contributed by atoms with Crippen LogP contribution in [0.2, 0.25) is 0 Å². The van der Waals surface area contributed by atoms with Gasteiger partial charge in [-0.25, -0.2) is 9.59 Å². The summed E-state index contributed by atoms with van der Waals surface area (Å²) in [7, 11) is 0. The van der Waals surface area contributed by atoms with Gasteiger partial charge in [0.15, 0.2) is 0 Å². The molecule has 0 aliphatic carbocycles. The normalized spacial score (nSPS) is 16.2. The Hall–Kier alpha value is -2.24. The number of benzene rings is 1. The molecule has 1 saturated heterocycles. The molecular formula is C19H29N3O3. The number of urea groups is 1. The molecule has 0 bridgehead atoms. The highest BCUT2D eigenvalue weighted by Crippen LogP contribution is 2.22. The first-order chi connectivity index (χ1) is 12.1. The van der Waals surface area contributed by atoms with Crippen molar-refractivity contribution in [1.29, 1.82) is 0 Å². The highest BCUT2D eigenvalue weighted by atomic mass is 16.6. The van der Waals surface area contributed by atoms with E-state index in [1.54, 1.807) is 4.90 Å². The number of carbonyl (C=O) groups is 2. The maximum absolute atomic E-state index is 12.8. The maximum Gasteiger partial charge on any atom is 0.409 e. The van der Waals surface area contributed by atoms with Crippen molar-refractivity contribution in [2.75, 3.05) is 25.0 Å².